The molecule has 2 aromatic rings. The fourth-order valence-corrected chi connectivity index (χ4v) is 2.48. The quantitative estimate of drug-likeness (QED) is 0.624. The number of rotatable bonds is 5. The standard InChI is InChI=1S/C12H18BrN3OS/c1-18(2,3)5-4-17-9-16-11-8-14-12(13)6-10(11)7-15-16/h6-8H,4-5,9H2,1-3H3. The van der Waals surface area contributed by atoms with Crippen LogP contribution in [0.1, 0.15) is 0 Å². The average Bonchev–Trinajstić information content (AvgIpc) is 2.65. The molecule has 0 aliphatic carbocycles. The number of fused-ring (bicyclic) bond motifs is 1. The Morgan fingerprint density at radius 1 is 1.33 bits per heavy atom. The molecule has 2 heterocycles. The van der Waals surface area contributed by atoms with Gasteiger partial charge in [0, 0.05) is 11.1 Å². The Morgan fingerprint density at radius 2 is 2.11 bits per heavy atom. The van der Waals surface area contributed by atoms with E-state index in [-0.39, 0.29) is 0 Å². The van der Waals surface area contributed by atoms with Crippen LogP contribution in [0, 0.1) is 0 Å². The molecule has 0 aliphatic heterocycles. The van der Waals surface area contributed by atoms with Crippen LogP contribution in [0.5, 0.6) is 0 Å². The summed E-state index contributed by atoms with van der Waals surface area (Å²) in [5.41, 5.74) is 1.00. The van der Waals surface area contributed by atoms with E-state index in [4.69, 9.17) is 4.74 Å². The Hall–Kier alpha value is -0.590. The second-order valence-electron chi connectivity index (χ2n) is 5.04. The summed E-state index contributed by atoms with van der Waals surface area (Å²) in [5, 5.41) is 5.38. The fraction of sp³-hybridized carbons (Fsp3) is 0.500. The van der Waals surface area contributed by atoms with Crippen LogP contribution < -0.4 is 0 Å². The van der Waals surface area contributed by atoms with Crippen molar-refractivity contribution < 1.29 is 4.74 Å². The normalized spacial score (nSPS) is 13.1. The van der Waals surface area contributed by atoms with Gasteiger partial charge in [0.05, 0.1) is 24.5 Å². The first-order chi connectivity index (χ1) is 8.46. The van der Waals surface area contributed by atoms with Crippen LogP contribution in [-0.4, -0.2) is 45.9 Å². The van der Waals surface area contributed by atoms with E-state index in [1.165, 1.54) is 0 Å². The molecule has 0 saturated carbocycles. The molecule has 0 fully saturated rings. The van der Waals surface area contributed by atoms with Crippen LogP contribution >= 0.6 is 26.0 Å². The Labute approximate surface area is 117 Å². The molecule has 2 aromatic heterocycles. The molecule has 0 spiro atoms. The van der Waals surface area contributed by atoms with Crippen LogP contribution in [0.25, 0.3) is 10.9 Å². The highest BCUT2D eigenvalue weighted by molar-refractivity contribution is 9.10. The highest BCUT2D eigenvalue weighted by Crippen LogP contribution is 2.33. The molecule has 4 nitrogen and oxygen atoms in total. The van der Waals surface area contributed by atoms with E-state index in [0.717, 1.165) is 27.9 Å². The number of aromatic nitrogens is 3. The monoisotopic (exact) mass is 331 g/mol. The number of halogens is 1. The van der Waals surface area contributed by atoms with Crippen LogP contribution in [0.15, 0.2) is 23.1 Å². The highest BCUT2D eigenvalue weighted by atomic mass is 79.9. The summed E-state index contributed by atoms with van der Waals surface area (Å²) < 4.78 is 8.34. The van der Waals surface area contributed by atoms with Crippen molar-refractivity contribution in [1.82, 2.24) is 14.8 Å². The molecule has 18 heavy (non-hydrogen) atoms. The average molecular weight is 332 g/mol. The highest BCUT2D eigenvalue weighted by Gasteiger charge is 2.06. The molecule has 0 aliphatic rings. The zero-order chi connectivity index (χ0) is 13.2. The lowest BCUT2D eigenvalue weighted by Crippen LogP contribution is -2.10. The van der Waals surface area contributed by atoms with Gasteiger partial charge in [0.2, 0.25) is 0 Å². The zero-order valence-corrected chi connectivity index (χ0v) is 13.3. The SMILES string of the molecule is CS(C)(C)CCOCn1ncc2cc(Br)ncc21. The van der Waals surface area contributed by atoms with Gasteiger partial charge in [-0.1, -0.05) is 0 Å². The molecule has 0 radical (unpaired) electrons. The van der Waals surface area contributed by atoms with E-state index >= 15 is 0 Å². The second kappa shape index (κ2) is 5.59. The third-order valence-corrected chi connectivity index (χ3v) is 4.37. The summed E-state index contributed by atoms with van der Waals surface area (Å²) in [5.74, 6) is 1.12. The van der Waals surface area contributed by atoms with Crippen molar-refractivity contribution in [3.63, 3.8) is 0 Å². The predicted octanol–water partition coefficient (Wildman–Crippen LogP) is 2.86. The van der Waals surface area contributed by atoms with Crippen molar-refractivity contribution in [1.29, 1.82) is 0 Å². The topological polar surface area (TPSA) is 39.9 Å². The summed E-state index contributed by atoms with van der Waals surface area (Å²) >= 11 is 3.35. The Bertz CT molecular complexity index is 536. The molecular formula is C12H18BrN3OS. The van der Waals surface area contributed by atoms with E-state index < -0.39 is 10.0 Å². The zero-order valence-electron chi connectivity index (χ0n) is 10.9. The van der Waals surface area contributed by atoms with E-state index in [2.05, 4.69) is 44.8 Å². The minimum atomic E-state index is -0.487. The molecule has 0 saturated heterocycles. The summed E-state index contributed by atoms with van der Waals surface area (Å²) in [6, 6.07) is 1.96. The Morgan fingerprint density at radius 3 is 2.83 bits per heavy atom. The van der Waals surface area contributed by atoms with Crippen molar-refractivity contribution in [2.45, 2.75) is 6.73 Å². The molecule has 0 N–H and O–H groups in total. The van der Waals surface area contributed by atoms with Crippen molar-refractivity contribution >= 4 is 36.9 Å². The minimum absolute atomic E-state index is 0.487. The van der Waals surface area contributed by atoms with Crippen molar-refractivity contribution in [2.24, 2.45) is 0 Å². The summed E-state index contributed by atoms with van der Waals surface area (Å²) in [6.07, 6.45) is 10.5. The molecule has 0 bridgehead atoms. The fourth-order valence-electron chi connectivity index (χ4n) is 1.51. The van der Waals surface area contributed by atoms with Gasteiger partial charge in [0.25, 0.3) is 0 Å². The maximum Gasteiger partial charge on any atom is 0.140 e. The Kier molecular flexibility index (Phi) is 4.29. The van der Waals surface area contributed by atoms with Gasteiger partial charge >= 0.3 is 0 Å². The lowest BCUT2D eigenvalue weighted by Gasteiger charge is -2.24. The number of hydrogen-bond acceptors (Lipinski definition) is 3. The summed E-state index contributed by atoms with van der Waals surface area (Å²) in [4.78, 5) is 4.21. The van der Waals surface area contributed by atoms with E-state index in [0.29, 0.717) is 6.73 Å². The molecule has 0 aromatic carbocycles. The van der Waals surface area contributed by atoms with E-state index in [9.17, 15) is 0 Å². The van der Waals surface area contributed by atoms with Crippen LogP contribution in [0.3, 0.4) is 0 Å². The third kappa shape index (κ3) is 3.70. The van der Waals surface area contributed by atoms with Gasteiger partial charge in [-0.05, 0) is 40.8 Å². The largest absolute Gasteiger partial charge is 0.358 e. The summed E-state index contributed by atoms with van der Waals surface area (Å²) in [7, 11) is -0.487. The van der Waals surface area contributed by atoms with Gasteiger partial charge in [0.15, 0.2) is 0 Å². The van der Waals surface area contributed by atoms with Gasteiger partial charge in [-0.25, -0.2) is 19.7 Å². The van der Waals surface area contributed by atoms with Gasteiger partial charge in [-0.2, -0.15) is 5.10 Å². The maximum absolute atomic E-state index is 5.67. The van der Waals surface area contributed by atoms with Gasteiger partial charge in [0.1, 0.15) is 11.3 Å². The molecule has 0 amide bonds. The number of pyridine rings is 1. The van der Waals surface area contributed by atoms with Gasteiger partial charge in [-0.15, -0.1) is 0 Å². The van der Waals surface area contributed by atoms with Crippen molar-refractivity contribution in [2.75, 3.05) is 31.1 Å². The van der Waals surface area contributed by atoms with E-state index in [1.807, 2.05) is 23.1 Å². The first-order valence-corrected chi connectivity index (χ1v) is 9.48. The minimum Gasteiger partial charge on any atom is -0.358 e. The second-order valence-corrected chi connectivity index (χ2v) is 10.4. The lowest BCUT2D eigenvalue weighted by atomic mass is 10.3. The predicted molar refractivity (Wildman–Crippen MR) is 81.4 cm³/mol. The van der Waals surface area contributed by atoms with Gasteiger partial charge < -0.3 is 4.74 Å². The van der Waals surface area contributed by atoms with Crippen molar-refractivity contribution in [3.05, 3.63) is 23.1 Å². The molecular weight excluding hydrogens is 314 g/mol. The first-order valence-electron chi connectivity index (χ1n) is 5.66. The number of nitrogens with zero attached hydrogens (tertiary/aromatic N) is 3. The summed E-state index contributed by atoms with van der Waals surface area (Å²) in [6.45, 7) is 1.27. The number of ether oxygens (including phenoxy) is 1. The van der Waals surface area contributed by atoms with E-state index in [1.54, 1.807) is 0 Å². The van der Waals surface area contributed by atoms with Crippen LogP contribution in [0.2, 0.25) is 0 Å². The number of hydrogen-bond donors (Lipinski definition) is 0. The van der Waals surface area contributed by atoms with Gasteiger partial charge in [-0.3, -0.25) is 0 Å². The molecule has 100 valence electrons. The lowest BCUT2D eigenvalue weighted by molar-refractivity contribution is 0.0840. The third-order valence-electron chi connectivity index (χ3n) is 2.55. The Balaban J connectivity index is 1.96. The molecule has 0 atom stereocenters. The van der Waals surface area contributed by atoms with Crippen molar-refractivity contribution in [3.8, 4) is 0 Å². The first kappa shape index (κ1) is 13.8. The van der Waals surface area contributed by atoms with Crippen LogP contribution in [0.4, 0.5) is 0 Å². The molecule has 6 heteroatoms. The smallest absolute Gasteiger partial charge is 0.140 e. The molecule has 0 unspecified atom stereocenters. The van der Waals surface area contributed by atoms with Crippen LogP contribution in [-0.2, 0) is 11.5 Å². The molecule has 2 rings (SSSR count). The maximum atomic E-state index is 5.67.